The first kappa shape index (κ1) is 19.6. The molecule has 0 fully saturated rings. The molecule has 1 atom stereocenters. The second kappa shape index (κ2) is 7.84. The van der Waals surface area contributed by atoms with E-state index >= 15 is 0 Å². The Bertz CT molecular complexity index is 976. The molecule has 2 aromatic carbocycles. The van der Waals surface area contributed by atoms with Crippen molar-refractivity contribution in [3.63, 3.8) is 0 Å². The molecule has 1 nitrogen and oxygen atoms in total. The summed E-state index contributed by atoms with van der Waals surface area (Å²) in [7, 11) is 0. The zero-order valence-electron chi connectivity index (χ0n) is 17.0. The second-order valence-corrected chi connectivity index (χ2v) is 8.38. The lowest BCUT2D eigenvalue weighted by Gasteiger charge is -2.20. The number of aryl methyl sites for hydroxylation is 2. The maximum absolute atomic E-state index is 6.21. The van der Waals surface area contributed by atoms with E-state index < -0.39 is 0 Å². The monoisotopic (exact) mass is 375 g/mol. The summed E-state index contributed by atoms with van der Waals surface area (Å²) in [5.74, 6) is 0. The minimum atomic E-state index is 0.103. The molecule has 0 aliphatic rings. The van der Waals surface area contributed by atoms with Crippen LogP contribution in [0.25, 0.3) is 27.8 Å². The van der Waals surface area contributed by atoms with Gasteiger partial charge in [-0.2, -0.15) is 0 Å². The van der Waals surface area contributed by atoms with Crippen molar-refractivity contribution in [3.05, 3.63) is 75.5 Å². The number of benzene rings is 2. The third-order valence-corrected chi connectivity index (χ3v) is 6.51. The molecule has 0 saturated heterocycles. The Morgan fingerprint density at radius 2 is 1.70 bits per heavy atom. The number of nitrogens with two attached hydrogens (primary N) is 1. The van der Waals surface area contributed by atoms with Gasteiger partial charge in [0.15, 0.2) is 0 Å². The van der Waals surface area contributed by atoms with E-state index in [0.717, 1.165) is 12.0 Å². The topological polar surface area (TPSA) is 26.0 Å². The van der Waals surface area contributed by atoms with Crippen LogP contribution in [0.2, 0.25) is 0 Å². The maximum atomic E-state index is 6.21. The van der Waals surface area contributed by atoms with E-state index in [9.17, 15) is 0 Å². The first-order valence-electron chi connectivity index (χ1n) is 9.55. The smallest absolute Gasteiger partial charge is 0.0372 e. The van der Waals surface area contributed by atoms with Crippen LogP contribution in [0.1, 0.15) is 53.4 Å². The van der Waals surface area contributed by atoms with Gasteiger partial charge in [-0.25, -0.2) is 0 Å². The van der Waals surface area contributed by atoms with E-state index in [1.165, 1.54) is 49.4 Å². The number of thiophene rings is 1. The van der Waals surface area contributed by atoms with Gasteiger partial charge in [0.1, 0.15) is 0 Å². The molecule has 2 heteroatoms. The fraction of sp³-hybridized carbons (Fsp3) is 0.280. The number of hydrogen-bond acceptors (Lipinski definition) is 2. The van der Waals surface area contributed by atoms with E-state index in [-0.39, 0.29) is 6.04 Å². The molecule has 0 amide bonds. The molecule has 0 aliphatic carbocycles. The van der Waals surface area contributed by atoms with Crippen molar-refractivity contribution in [2.45, 2.75) is 47.1 Å². The molecule has 1 unspecified atom stereocenters. The van der Waals surface area contributed by atoms with Crippen molar-refractivity contribution >= 4 is 16.9 Å². The summed E-state index contributed by atoms with van der Waals surface area (Å²) in [4.78, 5) is 1.27. The highest BCUT2D eigenvalue weighted by Crippen LogP contribution is 2.43. The second-order valence-electron chi connectivity index (χ2n) is 7.47. The van der Waals surface area contributed by atoms with Crippen molar-refractivity contribution < 1.29 is 0 Å². The Hall–Kier alpha value is -2.16. The Balaban J connectivity index is 2.26. The van der Waals surface area contributed by atoms with Crippen molar-refractivity contribution in [2.75, 3.05) is 0 Å². The lowest BCUT2D eigenvalue weighted by Crippen LogP contribution is -2.08. The Labute approximate surface area is 167 Å². The van der Waals surface area contributed by atoms with Crippen LogP contribution >= 0.6 is 11.3 Å². The van der Waals surface area contributed by atoms with Crippen LogP contribution in [0, 0.1) is 20.8 Å². The van der Waals surface area contributed by atoms with Crippen molar-refractivity contribution in [1.82, 2.24) is 0 Å². The molecule has 2 N–H and O–H groups in total. The number of rotatable bonds is 5. The fourth-order valence-electron chi connectivity index (χ4n) is 3.77. The molecule has 0 saturated carbocycles. The van der Waals surface area contributed by atoms with Gasteiger partial charge in [-0.3, -0.25) is 0 Å². The first-order valence-corrected chi connectivity index (χ1v) is 10.4. The van der Waals surface area contributed by atoms with Gasteiger partial charge < -0.3 is 5.73 Å². The van der Waals surface area contributed by atoms with E-state index in [1.807, 2.05) is 0 Å². The van der Waals surface area contributed by atoms with Crippen LogP contribution in [-0.2, 0) is 0 Å². The first-order chi connectivity index (χ1) is 12.8. The number of hydrogen-bond donors (Lipinski definition) is 1. The molecule has 3 rings (SSSR count). The largest absolute Gasteiger partial charge is 0.324 e. The van der Waals surface area contributed by atoms with E-state index in [0.29, 0.717) is 0 Å². The van der Waals surface area contributed by atoms with Gasteiger partial charge >= 0.3 is 0 Å². The minimum absolute atomic E-state index is 0.103. The van der Waals surface area contributed by atoms with E-state index in [4.69, 9.17) is 5.73 Å². The SMILES string of the molecule is C=C(C)c1sccc1-c1c(C)c(C)cc(C)c1-c1ccc(C(N)CC)cc1. The van der Waals surface area contributed by atoms with Gasteiger partial charge in [0.2, 0.25) is 0 Å². The van der Waals surface area contributed by atoms with Crippen LogP contribution in [-0.4, -0.2) is 0 Å². The van der Waals surface area contributed by atoms with Crippen molar-refractivity contribution in [2.24, 2.45) is 5.73 Å². The molecule has 0 bridgehead atoms. The summed E-state index contributed by atoms with van der Waals surface area (Å²) in [6.45, 7) is 15.1. The third-order valence-electron chi connectivity index (χ3n) is 5.43. The summed E-state index contributed by atoms with van der Waals surface area (Å²) in [5.41, 5.74) is 17.7. The summed E-state index contributed by atoms with van der Waals surface area (Å²) in [5, 5.41) is 2.17. The van der Waals surface area contributed by atoms with Crippen LogP contribution in [0.15, 0.2) is 48.4 Å². The van der Waals surface area contributed by atoms with Gasteiger partial charge in [-0.1, -0.05) is 43.8 Å². The predicted molar refractivity (Wildman–Crippen MR) is 121 cm³/mol. The van der Waals surface area contributed by atoms with Gasteiger partial charge in [-0.05, 0) is 90.1 Å². The molecule has 1 aromatic heterocycles. The van der Waals surface area contributed by atoms with Crippen LogP contribution in [0.4, 0.5) is 0 Å². The lowest BCUT2D eigenvalue weighted by molar-refractivity contribution is 0.699. The molecular formula is C25H29NS. The molecule has 27 heavy (non-hydrogen) atoms. The summed E-state index contributed by atoms with van der Waals surface area (Å²) < 4.78 is 0. The number of allylic oxidation sites excluding steroid dienone is 1. The highest BCUT2D eigenvalue weighted by atomic mass is 32.1. The average molecular weight is 376 g/mol. The summed E-state index contributed by atoms with van der Waals surface area (Å²) in [6.07, 6.45) is 0.949. The van der Waals surface area contributed by atoms with Crippen LogP contribution in [0.3, 0.4) is 0 Å². The normalized spacial score (nSPS) is 12.2. The Morgan fingerprint density at radius 1 is 1.04 bits per heavy atom. The Kier molecular flexibility index (Phi) is 5.69. The molecule has 0 spiro atoms. The maximum Gasteiger partial charge on any atom is 0.0372 e. The van der Waals surface area contributed by atoms with Gasteiger partial charge in [-0.15, -0.1) is 11.3 Å². The molecule has 140 valence electrons. The predicted octanol–water partition coefficient (Wildman–Crippen LogP) is 7.45. The molecule has 0 aliphatic heterocycles. The molecular weight excluding hydrogens is 346 g/mol. The van der Waals surface area contributed by atoms with E-state index in [1.54, 1.807) is 11.3 Å². The minimum Gasteiger partial charge on any atom is -0.324 e. The van der Waals surface area contributed by atoms with E-state index in [2.05, 4.69) is 83.0 Å². The standard InChI is InChI=1S/C25H29NS/c1-7-22(26)19-8-10-20(11-9-19)23-17(5)14-16(4)18(6)24(23)21-12-13-27-25(21)15(2)3/h8-14,22H,2,7,26H2,1,3-6H3. The molecule has 1 heterocycles. The third kappa shape index (κ3) is 3.65. The van der Waals surface area contributed by atoms with Crippen molar-refractivity contribution in [3.8, 4) is 22.3 Å². The van der Waals surface area contributed by atoms with Gasteiger partial charge in [0, 0.05) is 16.5 Å². The van der Waals surface area contributed by atoms with Crippen LogP contribution < -0.4 is 5.73 Å². The highest BCUT2D eigenvalue weighted by Gasteiger charge is 2.19. The summed E-state index contributed by atoms with van der Waals surface area (Å²) >= 11 is 1.77. The average Bonchev–Trinajstić information content (AvgIpc) is 3.13. The highest BCUT2D eigenvalue weighted by molar-refractivity contribution is 7.11. The quantitative estimate of drug-likeness (QED) is 0.492. The lowest BCUT2D eigenvalue weighted by atomic mass is 9.85. The van der Waals surface area contributed by atoms with Crippen LogP contribution in [0.5, 0.6) is 0 Å². The fourth-order valence-corrected chi connectivity index (χ4v) is 4.60. The van der Waals surface area contributed by atoms with Gasteiger partial charge in [0.05, 0.1) is 0 Å². The molecule has 3 aromatic rings. The molecule has 0 radical (unpaired) electrons. The van der Waals surface area contributed by atoms with Crippen molar-refractivity contribution in [1.29, 1.82) is 0 Å². The summed E-state index contributed by atoms with van der Waals surface area (Å²) in [6, 6.07) is 13.4. The zero-order valence-corrected chi connectivity index (χ0v) is 17.8. The zero-order chi connectivity index (χ0) is 19.7. The van der Waals surface area contributed by atoms with Gasteiger partial charge in [0.25, 0.3) is 0 Å². The Morgan fingerprint density at radius 3 is 2.30 bits per heavy atom.